The van der Waals surface area contributed by atoms with Crippen molar-refractivity contribution in [2.24, 2.45) is 11.3 Å². The second-order valence-electron chi connectivity index (χ2n) is 4.98. The highest BCUT2D eigenvalue weighted by atomic mass is 35.5. The van der Waals surface area contributed by atoms with Gasteiger partial charge in [0.15, 0.2) is 0 Å². The number of nitrogens with one attached hydrogen (secondary N) is 1. The van der Waals surface area contributed by atoms with Crippen molar-refractivity contribution in [3.8, 4) is 0 Å². The zero-order chi connectivity index (χ0) is 11.6. The SMILES string of the molecule is CC1(C(NN)c2ccccc2Cl)CCCC1. The predicted molar refractivity (Wildman–Crippen MR) is 68.1 cm³/mol. The Morgan fingerprint density at radius 2 is 1.94 bits per heavy atom. The van der Waals surface area contributed by atoms with Gasteiger partial charge in [-0.05, 0) is 29.9 Å². The number of hydrogen-bond donors (Lipinski definition) is 2. The van der Waals surface area contributed by atoms with E-state index in [0.29, 0.717) is 0 Å². The number of halogens is 1. The molecule has 0 radical (unpaired) electrons. The molecule has 3 N–H and O–H groups in total. The maximum atomic E-state index is 6.24. The lowest BCUT2D eigenvalue weighted by atomic mass is 9.77. The lowest BCUT2D eigenvalue weighted by molar-refractivity contribution is 0.225. The minimum Gasteiger partial charge on any atom is -0.271 e. The van der Waals surface area contributed by atoms with E-state index in [-0.39, 0.29) is 11.5 Å². The van der Waals surface area contributed by atoms with Crippen molar-refractivity contribution in [2.45, 2.75) is 38.6 Å². The minimum absolute atomic E-state index is 0.156. The summed E-state index contributed by atoms with van der Waals surface area (Å²) in [7, 11) is 0. The van der Waals surface area contributed by atoms with E-state index < -0.39 is 0 Å². The highest BCUT2D eigenvalue weighted by molar-refractivity contribution is 6.31. The number of rotatable bonds is 3. The second-order valence-corrected chi connectivity index (χ2v) is 5.39. The fourth-order valence-electron chi connectivity index (χ4n) is 2.85. The molecular weight excluding hydrogens is 220 g/mol. The van der Waals surface area contributed by atoms with Crippen LogP contribution in [0.25, 0.3) is 0 Å². The first kappa shape index (κ1) is 11.9. The van der Waals surface area contributed by atoms with E-state index in [1.165, 1.54) is 25.7 Å². The molecule has 0 spiro atoms. The van der Waals surface area contributed by atoms with Gasteiger partial charge in [0.05, 0.1) is 6.04 Å². The van der Waals surface area contributed by atoms with Crippen molar-refractivity contribution in [3.05, 3.63) is 34.9 Å². The number of nitrogens with two attached hydrogens (primary N) is 1. The van der Waals surface area contributed by atoms with Crippen molar-refractivity contribution in [1.82, 2.24) is 5.43 Å². The van der Waals surface area contributed by atoms with Crippen LogP contribution in [-0.4, -0.2) is 0 Å². The Labute approximate surface area is 102 Å². The van der Waals surface area contributed by atoms with E-state index in [4.69, 9.17) is 17.4 Å². The fourth-order valence-corrected chi connectivity index (χ4v) is 3.09. The van der Waals surface area contributed by atoms with Gasteiger partial charge < -0.3 is 0 Å². The van der Waals surface area contributed by atoms with E-state index >= 15 is 0 Å². The molecule has 0 amide bonds. The maximum absolute atomic E-state index is 6.24. The molecule has 0 saturated heterocycles. The molecule has 1 fully saturated rings. The predicted octanol–water partition coefficient (Wildman–Crippen LogP) is 3.42. The van der Waals surface area contributed by atoms with Crippen LogP contribution in [0, 0.1) is 5.41 Å². The average molecular weight is 239 g/mol. The topological polar surface area (TPSA) is 38.0 Å². The van der Waals surface area contributed by atoms with E-state index in [1.807, 2.05) is 18.2 Å². The van der Waals surface area contributed by atoms with Crippen molar-refractivity contribution >= 4 is 11.6 Å². The van der Waals surface area contributed by atoms with Crippen LogP contribution >= 0.6 is 11.6 Å². The monoisotopic (exact) mass is 238 g/mol. The number of benzene rings is 1. The van der Waals surface area contributed by atoms with Crippen molar-refractivity contribution in [1.29, 1.82) is 0 Å². The van der Waals surface area contributed by atoms with Gasteiger partial charge in [0, 0.05) is 5.02 Å². The molecule has 1 atom stereocenters. The van der Waals surface area contributed by atoms with Gasteiger partial charge in [-0.25, -0.2) is 0 Å². The fraction of sp³-hybridized carbons (Fsp3) is 0.538. The Balaban J connectivity index is 2.32. The molecule has 1 aliphatic carbocycles. The molecule has 2 nitrogen and oxygen atoms in total. The Kier molecular flexibility index (Phi) is 3.53. The zero-order valence-electron chi connectivity index (χ0n) is 9.67. The molecule has 1 aromatic rings. The number of hydrogen-bond acceptors (Lipinski definition) is 2. The molecule has 88 valence electrons. The van der Waals surface area contributed by atoms with Crippen LogP contribution in [0.1, 0.15) is 44.2 Å². The number of hydrazine groups is 1. The molecule has 1 unspecified atom stereocenters. The normalized spacial score (nSPS) is 20.9. The second kappa shape index (κ2) is 4.74. The summed E-state index contributed by atoms with van der Waals surface area (Å²) < 4.78 is 0. The van der Waals surface area contributed by atoms with Crippen molar-refractivity contribution in [2.75, 3.05) is 0 Å². The highest BCUT2D eigenvalue weighted by Crippen LogP contribution is 2.47. The van der Waals surface area contributed by atoms with Crippen LogP contribution in [0.3, 0.4) is 0 Å². The third-order valence-electron chi connectivity index (χ3n) is 3.83. The summed E-state index contributed by atoms with van der Waals surface area (Å²) in [5, 5.41) is 0.804. The average Bonchev–Trinajstić information content (AvgIpc) is 2.70. The molecule has 0 aliphatic heterocycles. The van der Waals surface area contributed by atoms with E-state index in [9.17, 15) is 0 Å². The van der Waals surface area contributed by atoms with E-state index in [1.54, 1.807) is 0 Å². The molecule has 0 aromatic heterocycles. The molecule has 0 heterocycles. The Morgan fingerprint density at radius 3 is 2.50 bits per heavy atom. The lowest BCUT2D eigenvalue weighted by Crippen LogP contribution is -2.38. The van der Waals surface area contributed by atoms with Crippen LogP contribution in [-0.2, 0) is 0 Å². The summed E-state index contributed by atoms with van der Waals surface area (Å²) in [5.41, 5.74) is 4.31. The Bertz CT molecular complexity index is 359. The Hall–Kier alpha value is -0.570. The first-order valence-electron chi connectivity index (χ1n) is 5.88. The zero-order valence-corrected chi connectivity index (χ0v) is 10.4. The lowest BCUT2D eigenvalue weighted by Gasteiger charge is -2.34. The first-order valence-corrected chi connectivity index (χ1v) is 6.26. The van der Waals surface area contributed by atoms with Crippen molar-refractivity contribution < 1.29 is 0 Å². The maximum Gasteiger partial charge on any atom is 0.0528 e. The minimum atomic E-state index is 0.156. The third kappa shape index (κ3) is 2.10. The largest absolute Gasteiger partial charge is 0.271 e. The van der Waals surface area contributed by atoms with Crippen LogP contribution in [0.2, 0.25) is 5.02 Å². The summed E-state index contributed by atoms with van der Waals surface area (Å²) >= 11 is 6.24. The summed E-state index contributed by atoms with van der Waals surface area (Å²) in [6.07, 6.45) is 5.01. The van der Waals surface area contributed by atoms with Gasteiger partial charge in [0.1, 0.15) is 0 Å². The van der Waals surface area contributed by atoms with Gasteiger partial charge in [-0.2, -0.15) is 0 Å². The Morgan fingerprint density at radius 1 is 1.31 bits per heavy atom. The molecule has 0 bridgehead atoms. The standard InChI is InChI=1S/C13H19ClN2/c1-13(8-4-5-9-13)12(16-15)10-6-2-3-7-11(10)14/h2-3,6-7,12,16H,4-5,8-9,15H2,1H3. The first-order chi connectivity index (χ1) is 7.67. The van der Waals surface area contributed by atoms with E-state index in [0.717, 1.165) is 10.6 Å². The van der Waals surface area contributed by atoms with Gasteiger partial charge in [0.25, 0.3) is 0 Å². The van der Waals surface area contributed by atoms with Gasteiger partial charge in [-0.1, -0.05) is 49.6 Å². The van der Waals surface area contributed by atoms with Crippen molar-refractivity contribution in [3.63, 3.8) is 0 Å². The van der Waals surface area contributed by atoms with E-state index in [2.05, 4.69) is 18.4 Å². The summed E-state index contributed by atoms with van der Waals surface area (Å²) in [4.78, 5) is 0. The van der Waals surface area contributed by atoms with Gasteiger partial charge in [-0.15, -0.1) is 0 Å². The summed E-state index contributed by atoms with van der Waals surface area (Å²) in [6.45, 7) is 2.30. The molecule has 3 heteroatoms. The van der Waals surface area contributed by atoms with Crippen LogP contribution < -0.4 is 11.3 Å². The highest BCUT2D eigenvalue weighted by Gasteiger charge is 2.38. The summed E-state index contributed by atoms with van der Waals surface area (Å²) in [6, 6.07) is 8.12. The van der Waals surface area contributed by atoms with Gasteiger partial charge in [0.2, 0.25) is 0 Å². The van der Waals surface area contributed by atoms with Crippen LogP contribution in [0.4, 0.5) is 0 Å². The third-order valence-corrected chi connectivity index (χ3v) is 4.17. The quantitative estimate of drug-likeness (QED) is 0.626. The van der Waals surface area contributed by atoms with Gasteiger partial charge >= 0.3 is 0 Å². The summed E-state index contributed by atoms with van der Waals surface area (Å²) in [5.74, 6) is 5.73. The molecular formula is C13H19ClN2. The van der Waals surface area contributed by atoms with Crippen LogP contribution in [0.5, 0.6) is 0 Å². The smallest absolute Gasteiger partial charge is 0.0528 e. The molecule has 1 aliphatic rings. The molecule has 2 rings (SSSR count). The van der Waals surface area contributed by atoms with Crippen LogP contribution in [0.15, 0.2) is 24.3 Å². The van der Waals surface area contributed by atoms with Gasteiger partial charge in [-0.3, -0.25) is 11.3 Å². The molecule has 1 saturated carbocycles. The molecule has 16 heavy (non-hydrogen) atoms. The molecule has 1 aromatic carbocycles.